The standard InChI is InChI=1S/C9H10N2O3/c1-13-7-2-6(3-10-4-7)8-5-14-9(12)11-8/h2-4,8H,5H2,1H3,(H,11,12). The van der Waals surface area contributed by atoms with Crippen molar-refractivity contribution in [3.05, 3.63) is 24.0 Å². The first-order chi connectivity index (χ1) is 6.79. The number of aromatic nitrogens is 1. The molecule has 0 saturated carbocycles. The van der Waals surface area contributed by atoms with Crippen LogP contribution in [0.4, 0.5) is 4.79 Å². The summed E-state index contributed by atoms with van der Waals surface area (Å²) in [6.45, 7) is 0.341. The van der Waals surface area contributed by atoms with E-state index < -0.39 is 6.09 Å². The highest BCUT2D eigenvalue weighted by Gasteiger charge is 2.24. The summed E-state index contributed by atoms with van der Waals surface area (Å²) in [6, 6.07) is 1.71. The lowest BCUT2D eigenvalue weighted by atomic mass is 10.1. The molecule has 1 aromatic heterocycles. The van der Waals surface area contributed by atoms with E-state index in [1.165, 1.54) is 0 Å². The predicted octanol–water partition coefficient (Wildman–Crippen LogP) is 0.871. The first-order valence-corrected chi connectivity index (χ1v) is 4.22. The Kier molecular flexibility index (Phi) is 2.22. The van der Waals surface area contributed by atoms with E-state index in [4.69, 9.17) is 9.47 Å². The van der Waals surface area contributed by atoms with E-state index in [1.54, 1.807) is 19.5 Å². The van der Waals surface area contributed by atoms with Gasteiger partial charge in [0.05, 0.1) is 19.3 Å². The average Bonchev–Trinajstić information content (AvgIpc) is 2.65. The van der Waals surface area contributed by atoms with Crippen LogP contribution in [0.15, 0.2) is 18.5 Å². The lowest BCUT2D eigenvalue weighted by Gasteiger charge is -2.07. The summed E-state index contributed by atoms with van der Waals surface area (Å²) >= 11 is 0. The molecule has 1 unspecified atom stereocenters. The monoisotopic (exact) mass is 194 g/mol. The zero-order valence-corrected chi connectivity index (χ0v) is 7.69. The summed E-state index contributed by atoms with van der Waals surface area (Å²) in [5, 5.41) is 2.66. The number of methoxy groups -OCH3 is 1. The molecular weight excluding hydrogens is 184 g/mol. The Morgan fingerprint density at radius 2 is 2.50 bits per heavy atom. The largest absolute Gasteiger partial charge is 0.495 e. The SMILES string of the molecule is COc1cncc(C2COC(=O)N2)c1. The van der Waals surface area contributed by atoms with Crippen LogP contribution < -0.4 is 10.1 Å². The molecule has 14 heavy (non-hydrogen) atoms. The van der Waals surface area contributed by atoms with Crippen molar-refractivity contribution >= 4 is 6.09 Å². The summed E-state index contributed by atoms with van der Waals surface area (Å²) in [4.78, 5) is 14.8. The van der Waals surface area contributed by atoms with Crippen LogP contribution in [0, 0.1) is 0 Å². The number of carbonyl (C=O) groups excluding carboxylic acids is 1. The van der Waals surface area contributed by atoms with E-state index in [2.05, 4.69) is 10.3 Å². The highest BCUT2D eigenvalue weighted by molar-refractivity contribution is 5.70. The predicted molar refractivity (Wildman–Crippen MR) is 48.0 cm³/mol. The molecule has 0 aliphatic carbocycles. The number of hydrogen-bond acceptors (Lipinski definition) is 4. The molecule has 5 heteroatoms. The number of pyridine rings is 1. The minimum atomic E-state index is -0.391. The topological polar surface area (TPSA) is 60.5 Å². The van der Waals surface area contributed by atoms with Crippen LogP contribution >= 0.6 is 0 Å². The van der Waals surface area contributed by atoms with Crippen molar-refractivity contribution < 1.29 is 14.3 Å². The summed E-state index contributed by atoms with van der Waals surface area (Å²) < 4.78 is 9.80. The van der Waals surface area contributed by atoms with Crippen LogP contribution in [0.25, 0.3) is 0 Å². The molecule has 5 nitrogen and oxygen atoms in total. The minimum absolute atomic E-state index is 0.120. The van der Waals surface area contributed by atoms with Crippen LogP contribution in [0.2, 0.25) is 0 Å². The molecule has 0 spiro atoms. The Labute approximate surface area is 81.0 Å². The Balaban J connectivity index is 2.19. The number of hydrogen-bond donors (Lipinski definition) is 1. The van der Waals surface area contributed by atoms with Gasteiger partial charge in [-0.15, -0.1) is 0 Å². The molecule has 1 aliphatic heterocycles. The summed E-state index contributed by atoms with van der Waals surface area (Å²) in [5.74, 6) is 0.670. The van der Waals surface area contributed by atoms with Crippen LogP contribution in [0.3, 0.4) is 0 Å². The van der Waals surface area contributed by atoms with E-state index in [-0.39, 0.29) is 6.04 Å². The molecule has 1 atom stereocenters. The molecule has 1 amide bonds. The number of carbonyl (C=O) groups is 1. The maximum atomic E-state index is 10.8. The van der Waals surface area contributed by atoms with Crippen molar-refractivity contribution in [3.63, 3.8) is 0 Å². The number of alkyl carbamates (subject to hydrolysis) is 1. The van der Waals surface area contributed by atoms with E-state index in [0.29, 0.717) is 12.4 Å². The molecule has 1 fully saturated rings. The smallest absolute Gasteiger partial charge is 0.407 e. The van der Waals surface area contributed by atoms with Crippen molar-refractivity contribution in [1.82, 2.24) is 10.3 Å². The van der Waals surface area contributed by atoms with E-state index in [0.717, 1.165) is 5.56 Å². The van der Waals surface area contributed by atoms with Crippen LogP contribution in [0.1, 0.15) is 11.6 Å². The van der Waals surface area contributed by atoms with Crippen molar-refractivity contribution in [1.29, 1.82) is 0 Å². The minimum Gasteiger partial charge on any atom is -0.495 e. The first-order valence-electron chi connectivity index (χ1n) is 4.22. The fraction of sp³-hybridized carbons (Fsp3) is 0.333. The fourth-order valence-corrected chi connectivity index (χ4v) is 1.30. The number of ether oxygens (including phenoxy) is 2. The molecule has 74 valence electrons. The number of cyclic esters (lactones) is 1. The maximum Gasteiger partial charge on any atom is 0.407 e. The van der Waals surface area contributed by atoms with E-state index in [9.17, 15) is 4.79 Å². The Bertz CT molecular complexity index is 354. The van der Waals surface area contributed by atoms with E-state index >= 15 is 0 Å². The number of rotatable bonds is 2. The van der Waals surface area contributed by atoms with Crippen LogP contribution in [-0.4, -0.2) is 24.8 Å². The molecule has 1 N–H and O–H groups in total. The van der Waals surface area contributed by atoms with Gasteiger partial charge < -0.3 is 14.8 Å². The van der Waals surface area contributed by atoms with Gasteiger partial charge >= 0.3 is 6.09 Å². The molecule has 0 bridgehead atoms. The third-order valence-electron chi connectivity index (χ3n) is 2.05. The Morgan fingerprint density at radius 3 is 3.14 bits per heavy atom. The lowest BCUT2D eigenvalue weighted by molar-refractivity contribution is 0.177. The molecular formula is C9H10N2O3. The molecule has 1 aromatic rings. The van der Waals surface area contributed by atoms with Crippen molar-refractivity contribution in [2.75, 3.05) is 13.7 Å². The molecule has 0 aromatic carbocycles. The van der Waals surface area contributed by atoms with Gasteiger partial charge in [0, 0.05) is 6.20 Å². The molecule has 1 aliphatic rings. The highest BCUT2D eigenvalue weighted by atomic mass is 16.6. The average molecular weight is 194 g/mol. The van der Waals surface area contributed by atoms with Gasteiger partial charge in [-0.05, 0) is 11.6 Å². The van der Waals surface area contributed by atoms with Crippen LogP contribution in [0.5, 0.6) is 5.75 Å². The van der Waals surface area contributed by atoms with Gasteiger partial charge in [-0.3, -0.25) is 4.98 Å². The van der Waals surface area contributed by atoms with Gasteiger partial charge in [0.2, 0.25) is 0 Å². The van der Waals surface area contributed by atoms with Gasteiger partial charge in [-0.1, -0.05) is 0 Å². The summed E-state index contributed by atoms with van der Waals surface area (Å²) in [7, 11) is 1.57. The number of nitrogens with one attached hydrogen (secondary N) is 1. The summed E-state index contributed by atoms with van der Waals surface area (Å²) in [5.41, 5.74) is 0.884. The van der Waals surface area contributed by atoms with Crippen molar-refractivity contribution in [3.8, 4) is 5.75 Å². The maximum absolute atomic E-state index is 10.8. The van der Waals surface area contributed by atoms with Gasteiger partial charge in [-0.2, -0.15) is 0 Å². The van der Waals surface area contributed by atoms with Gasteiger partial charge in [0.25, 0.3) is 0 Å². The van der Waals surface area contributed by atoms with Crippen molar-refractivity contribution in [2.24, 2.45) is 0 Å². The molecule has 0 radical (unpaired) electrons. The summed E-state index contributed by atoms with van der Waals surface area (Å²) in [6.07, 6.45) is 2.90. The highest BCUT2D eigenvalue weighted by Crippen LogP contribution is 2.20. The third-order valence-corrected chi connectivity index (χ3v) is 2.05. The third kappa shape index (κ3) is 1.61. The molecule has 2 rings (SSSR count). The molecule has 2 heterocycles. The van der Waals surface area contributed by atoms with Gasteiger partial charge in [-0.25, -0.2) is 4.79 Å². The second-order valence-electron chi connectivity index (χ2n) is 2.95. The van der Waals surface area contributed by atoms with Gasteiger partial charge in [0.15, 0.2) is 0 Å². The first kappa shape index (κ1) is 8.80. The zero-order valence-electron chi connectivity index (χ0n) is 7.69. The zero-order chi connectivity index (χ0) is 9.97. The Morgan fingerprint density at radius 1 is 1.64 bits per heavy atom. The van der Waals surface area contributed by atoms with Crippen LogP contribution in [-0.2, 0) is 4.74 Å². The second kappa shape index (κ2) is 3.53. The normalized spacial score (nSPS) is 20.1. The Hall–Kier alpha value is -1.78. The van der Waals surface area contributed by atoms with Gasteiger partial charge in [0.1, 0.15) is 12.4 Å². The van der Waals surface area contributed by atoms with E-state index in [1.807, 2.05) is 6.07 Å². The number of amides is 1. The fourth-order valence-electron chi connectivity index (χ4n) is 1.30. The molecule has 1 saturated heterocycles. The lowest BCUT2D eigenvalue weighted by Crippen LogP contribution is -2.18. The number of nitrogens with zero attached hydrogens (tertiary/aromatic N) is 1. The second-order valence-corrected chi connectivity index (χ2v) is 2.95. The quantitative estimate of drug-likeness (QED) is 0.758. The van der Waals surface area contributed by atoms with Crippen molar-refractivity contribution in [2.45, 2.75) is 6.04 Å².